The molecule has 3 heterocycles. The number of halogens is 1. The molecule has 1 unspecified atom stereocenters. The van der Waals surface area contributed by atoms with Crippen molar-refractivity contribution in [1.82, 2.24) is 15.7 Å². The van der Waals surface area contributed by atoms with Crippen molar-refractivity contribution >= 4 is 87.9 Å². The first-order valence-corrected chi connectivity index (χ1v) is 26.6. The van der Waals surface area contributed by atoms with Gasteiger partial charge in [-0.1, -0.05) is 53.0 Å². The number of aliphatic imine (C=N–C) groups is 1. The van der Waals surface area contributed by atoms with Crippen molar-refractivity contribution in [2.45, 2.75) is 55.9 Å². The van der Waals surface area contributed by atoms with Crippen LogP contribution in [-0.4, -0.2) is 117 Å². The number of carbonyl (C=O) groups excluding carboxylic acids is 3. The zero-order chi connectivity index (χ0) is 48.8. The van der Waals surface area contributed by atoms with Crippen LogP contribution in [0.15, 0.2) is 101 Å². The van der Waals surface area contributed by atoms with Crippen LogP contribution in [0.25, 0.3) is 0 Å². The first kappa shape index (κ1) is 52.1. The zero-order valence-corrected chi connectivity index (χ0v) is 41.4. The molecule has 0 spiro atoms. The fourth-order valence-electron chi connectivity index (χ4n) is 7.73. The molecule has 3 amide bonds. The lowest BCUT2D eigenvalue weighted by Crippen LogP contribution is -2.38. The van der Waals surface area contributed by atoms with Gasteiger partial charge in [-0.3, -0.25) is 32.9 Å². The Kier molecular flexibility index (Phi) is 16.5. The summed E-state index contributed by atoms with van der Waals surface area (Å²) in [4.78, 5) is 49.2. The van der Waals surface area contributed by atoms with Crippen molar-refractivity contribution in [2.24, 2.45) is 4.99 Å². The monoisotopic (exact) mass is 1080 g/mol. The van der Waals surface area contributed by atoms with Gasteiger partial charge in [-0.15, -0.1) is 0 Å². The van der Waals surface area contributed by atoms with E-state index < -0.39 is 64.5 Å². The molecule has 356 valence electrons. The van der Waals surface area contributed by atoms with Crippen molar-refractivity contribution in [3.05, 3.63) is 119 Å². The standard InChI is InChI=1S/C43H51IN6O13S3/c1-42(2)34-25-30(41(53)48(4)63-5)28-49(21-9-23-64(54,55)56)39(34)47-36(42)11-7-6-8-12-37-43(3,31-15-13-29(14-16-31)40(52)46-20-19-45-38(51)27-44)33-26-32(66(60,61)62)17-18-35(33)50(37)22-10-24-65(57,58)59/h6-8,11-18,25-26,28H,9-10,19-24,27H2,1-5H3,(H4-,45,46,51,52,54,55,56,57,58,59,60,61,62)/p+1. The number of nitrogens with zero attached hydrogens (tertiary/aromatic N) is 4. The molecule has 19 nitrogen and oxygen atoms in total. The summed E-state index contributed by atoms with van der Waals surface area (Å²) >= 11 is 1.93. The van der Waals surface area contributed by atoms with E-state index in [0.717, 1.165) is 5.06 Å². The largest absolute Gasteiger partial charge is 0.354 e. The van der Waals surface area contributed by atoms with Crippen molar-refractivity contribution < 1.29 is 62.7 Å². The van der Waals surface area contributed by atoms with Gasteiger partial charge in [0.2, 0.25) is 5.91 Å². The van der Waals surface area contributed by atoms with Crippen molar-refractivity contribution in [1.29, 1.82) is 0 Å². The molecule has 0 fully saturated rings. The minimum absolute atomic E-state index is 0.0207. The van der Waals surface area contributed by atoms with Gasteiger partial charge in [0.15, 0.2) is 5.71 Å². The van der Waals surface area contributed by atoms with E-state index in [2.05, 4.69) is 10.6 Å². The van der Waals surface area contributed by atoms with E-state index in [4.69, 9.17) is 9.83 Å². The van der Waals surface area contributed by atoms with E-state index in [1.54, 1.807) is 76.4 Å². The minimum Gasteiger partial charge on any atom is -0.354 e. The third-order valence-electron chi connectivity index (χ3n) is 11.2. The molecule has 2 aromatic carbocycles. The number of aryl methyl sites for hydroxylation is 1. The molecule has 1 atom stereocenters. The topological polar surface area (TPSA) is 270 Å². The van der Waals surface area contributed by atoms with Crippen LogP contribution in [0.5, 0.6) is 0 Å². The maximum atomic E-state index is 13.2. The summed E-state index contributed by atoms with van der Waals surface area (Å²) in [6, 6.07) is 12.4. The molecule has 23 heteroatoms. The van der Waals surface area contributed by atoms with E-state index in [1.165, 1.54) is 32.4 Å². The molecule has 0 saturated heterocycles. The van der Waals surface area contributed by atoms with Crippen molar-refractivity contribution in [3.8, 4) is 0 Å². The van der Waals surface area contributed by atoms with Gasteiger partial charge >= 0.3 is 5.82 Å². The summed E-state index contributed by atoms with van der Waals surface area (Å²) in [5.74, 6) is -1.58. The van der Waals surface area contributed by atoms with Crippen LogP contribution in [0.3, 0.4) is 0 Å². The van der Waals surface area contributed by atoms with Crippen LogP contribution in [0, 0.1) is 0 Å². The molecule has 2 aliphatic rings. The zero-order valence-electron chi connectivity index (χ0n) is 36.8. The number of hydrogen-bond donors (Lipinski definition) is 5. The summed E-state index contributed by atoms with van der Waals surface area (Å²) in [6.45, 7) is 6.26. The molecular weight excluding hydrogens is 1030 g/mol. The van der Waals surface area contributed by atoms with Gasteiger partial charge in [0.05, 0.1) is 56.4 Å². The number of alkyl halides is 1. The summed E-state index contributed by atoms with van der Waals surface area (Å²) in [6.07, 6.45) is 10.3. The minimum atomic E-state index is -4.68. The summed E-state index contributed by atoms with van der Waals surface area (Å²) < 4.78 is 102. The number of hydroxylamine groups is 2. The second-order valence-corrected chi connectivity index (χ2v) is 21.4. The van der Waals surface area contributed by atoms with Crippen LogP contribution in [0.2, 0.25) is 0 Å². The van der Waals surface area contributed by atoms with Gasteiger partial charge in [0.25, 0.3) is 42.2 Å². The number of amides is 3. The molecule has 0 aliphatic carbocycles. The Labute approximate surface area is 398 Å². The van der Waals surface area contributed by atoms with Crippen LogP contribution >= 0.6 is 22.6 Å². The molecule has 0 saturated carbocycles. The van der Waals surface area contributed by atoms with E-state index in [-0.39, 0.29) is 59.8 Å². The van der Waals surface area contributed by atoms with Gasteiger partial charge in [-0.25, -0.2) is 9.63 Å². The molecule has 0 bridgehead atoms. The highest BCUT2D eigenvalue weighted by molar-refractivity contribution is 14.1. The van der Waals surface area contributed by atoms with Crippen LogP contribution < -0.4 is 20.1 Å². The highest BCUT2D eigenvalue weighted by atomic mass is 127. The fraction of sp³-hybridized carbons (Fsp3) is 0.372. The maximum Gasteiger partial charge on any atom is 0.327 e. The smallest absolute Gasteiger partial charge is 0.327 e. The second kappa shape index (κ2) is 21.0. The molecule has 0 radical (unpaired) electrons. The third-order valence-corrected chi connectivity index (χ3v) is 14.4. The average Bonchev–Trinajstić information content (AvgIpc) is 3.65. The Morgan fingerprint density at radius 3 is 2.14 bits per heavy atom. The number of pyridine rings is 1. The number of aromatic nitrogens is 1. The number of carbonyl (C=O) groups is 3. The van der Waals surface area contributed by atoms with Crippen molar-refractivity contribution in [3.63, 3.8) is 0 Å². The normalized spacial score (nSPS) is 17.6. The lowest BCUT2D eigenvalue weighted by atomic mass is 9.75. The highest BCUT2D eigenvalue weighted by Gasteiger charge is 2.46. The number of allylic oxidation sites excluding steroid dienone is 6. The van der Waals surface area contributed by atoms with Gasteiger partial charge < -0.3 is 15.5 Å². The molecule has 2 aliphatic heterocycles. The lowest BCUT2D eigenvalue weighted by molar-refractivity contribution is -0.684. The quantitative estimate of drug-likeness (QED) is 0.0205. The van der Waals surface area contributed by atoms with E-state index in [9.17, 15) is 53.3 Å². The number of rotatable bonds is 20. The second-order valence-electron chi connectivity index (χ2n) is 16.1. The van der Waals surface area contributed by atoms with Crippen LogP contribution in [0.4, 0.5) is 11.5 Å². The SMILES string of the molecule is CON(C)C(=O)c1cc2c([n+](CCCS(=O)(=O)O)c1)N=C(/C=C/C=C/C=C1/N(CCCS(=O)(=O)O)c3ccc(S(=O)(=O)O)cc3C1(C)c1ccc(C(=O)NCCNC(=O)CI)cc1)C2(C)C. The highest BCUT2D eigenvalue weighted by Crippen LogP contribution is 2.52. The molecule has 5 rings (SSSR count). The van der Waals surface area contributed by atoms with Crippen LogP contribution in [0.1, 0.15) is 71.0 Å². The molecule has 3 aromatic rings. The number of hydrogen-bond acceptors (Lipinski definition) is 12. The van der Waals surface area contributed by atoms with Gasteiger partial charge in [0.1, 0.15) is 6.20 Å². The first-order chi connectivity index (χ1) is 30.8. The maximum absolute atomic E-state index is 13.2. The number of anilines is 1. The van der Waals surface area contributed by atoms with Gasteiger partial charge in [0, 0.05) is 50.1 Å². The fourth-order valence-corrected chi connectivity index (χ4v) is 9.49. The van der Waals surface area contributed by atoms with E-state index in [0.29, 0.717) is 45.2 Å². The first-order valence-electron chi connectivity index (χ1n) is 20.4. The summed E-state index contributed by atoms with van der Waals surface area (Å²) in [5.41, 5.74) is 2.05. The predicted octanol–water partition coefficient (Wildman–Crippen LogP) is 3.88. The molecule has 1 aromatic heterocycles. The van der Waals surface area contributed by atoms with E-state index in [1.807, 2.05) is 43.4 Å². The Morgan fingerprint density at radius 2 is 1.52 bits per heavy atom. The lowest BCUT2D eigenvalue weighted by Gasteiger charge is -2.31. The average molecular weight is 1080 g/mol. The Bertz CT molecular complexity index is 2850. The van der Waals surface area contributed by atoms with E-state index >= 15 is 0 Å². The van der Waals surface area contributed by atoms with Gasteiger partial charge in [-0.2, -0.15) is 25.3 Å². The number of fused-ring (bicyclic) bond motifs is 2. The van der Waals surface area contributed by atoms with Crippen molar-refractivity contribution in [2.75, 3.05) is 54.6 Å². The molecule has 5 N–H and O–H groups in total. The summed E-state index contributed by atoms with van der Waals surface area (Å²) in [5, 5.41) is 6.49. The molecule has 66 heavy (non-hydrogen) atoms. The Hall–Kier alpha value is -4.89. The van der Waals surface area contributed by atoms with Gasteiger partial charge in [-0.05, 0) is 91.9 Å². The predicted molar refractivity (Wildman–Crippen MR) is 255 cm³/mol. The third kappa shape index (κ3) is 12.4. The summed E-state index contributed by atoms with van der Waals surface area (Å²) in [7, 11) is -10.5. The van der Waals surface area contributed by atoms with Crippen LogP contribution in [-0.2, 0) is 57.4 Å². The Balaban J connectivity index is 1.54. The Morgan fingerprint density at radius 1 is 0.864 bits per heavy atom. The number of benzene rings is 2. The molecular formula is C43H52IN6O13S3+. The number of nitrogens with one attached hydrogen (secondary N) is 2.